The molecule has 0 atom stereocenters. The van der Waals surface area contributed by atoms with Crippen LogP contribution in [0.2, 0.25) is 0 Å². The molecule has 1 N–H and O–H groups in total. The average Bonchev–Trinajstić information content (AvgIpc) is 3.14. The molecule has 0 saturated heterocycles. The minimum atomic E-state index is -0.150. The molecule has 4 rings (SSSR count). The summed E-state index contributed by atoms with van der Waals surface area (Å²) in [4.78, 5) is 31.6. The molecule has 33 heavy (non-hydrogen) atoms. The van der Waals surface area contributed by atoms with Crippen molar-refractivity contribution in [3.8, 4) is 0 Å². The van der Waals surface area contributed by atoms with Gasteiger partial charge in [0.2, 0.25) is 11.8 Å². The zero-order valence-corrected chi connectivity index (χ0v) is 19.2. The molecular formula is C26H28N4O3. The second-order valence-corrected chi connectivity index (χ2v) is 8.33. The van der Waals surface area contributed by atoms with Gasteiger partial charge in [-0.2, -0.15) is 0 Å². The van der Waals surface area contributed by atoms with Crippen molar-refractivity contribution in [1.82, 2.24) is 20.4 Å². The van der Waals surface area contributed by atoms with Crippen molar-refractivity contribution in [2.75, 3.05) is 6.54 Å². The number of amides is 2. The Morgan fingerprint density at radius 1 is 1.12 bits per heavy atom. The minimum absolute atomic E-state index is 0.0523. The van der Waals surface area contributed by atoms with E-state index in [4.69, 9.17) is 4.52 Å². The lowest BCUT2D eigenvalue weighted by molar-refractivity contribution is -0.131. The van der Waals surface area contributed by atoms with Crippen molar-refractivity contribution < 1.29 is 14.1 Å². The Kier molecular flexibility index (Phi) is 6.68. The van der Waals surface area contributed by atoms with E-state index in [0.29, 0.717) is 25.4 Å². The highest BCUT2D eigenvalue weighted by molar-refractivity contribution is 5.91. The highest BCUT2D eigenvalue weighted by Gasteiger charge is 2.25. The fraction of sp³-hybridized carbons (Fsp3) is 0.308. The number of nitrogens with one attached hydrogen (secondary N) is 1. The predicted molar refractivity (Wildman–Crippen MR) is 125 cm³/mol. The third-order valence-electron chi connectivity index (χ3n) is 6.12. The second kappa shape index (κ2) is 9.81. The molecule has 0 bridgehead atoms. The first-order valence-corrected chi connectivity index (χ1v) is 11.1. The van der Waals surface area contributed by atoms with Crippen molar-refractivity contribution in [3.63, 3.8) is 0 Å². The topological polar surface area (TPSA) is 88.3 Å². The van der Waals surface area contributed by atoms with E-state index in [1.807, 2.05) is 62.2 Å². The SMILES string of the molecule is Cc1noc(C)c1CC(=O)N1CCc2c(cnc(C)c2CNC(=O)/C=C/c2ccccc2)C1. The van der Waals surface area contributed by atoms with Crippen LogP contribution in [0.1, 0.15) is 45.0 Å². The molecule has 2 aromatic heterocycles. The summed E-state index contributed by atoms with van der Waals surface area (Å²) in [6, 6.07) is 9.71. The van der Waals surface area contributed by atoms with Gasteiger partial charge in [0, 0.05) is 43.2 Å². The van der Waals surface area contributed by atoms with Crippen LogP contribution < -0.4 is 5.32 Å². The van der Waals surface area contributed by atoms with Crippen molar-refractivity contribution in [2.45, 2.75) is 46.7 Å². The molecule has 1 aliphatic heterocycles. The van der Waals surface area contributed by atoms with Gasteiger partial charge in [0.1, 0.15) is 5.76 Å². The van der Waals surface area contributed by atoms with E-state index in [1.54, 1.807) is 12.2 Å². The molecule has 2 amide bonds. The summed E-state index contributed by atoms with van der Waals surface area (Å²) in [5.74, 6) is 0.592. The molecule has 7 nitrogen and oxygen atoms in total. The van der Waals surface area contributed by atoms with E-state index in [0.717, 1.165) is 40.1 Å². The summed E-state index contributed by atoms with van der Waals surface area (Å²) in [6.45, 7) is 7.19. The summed E-state index contributed by atoms with van der Waals surface area (Å²) in [7, 11) is 0. The van der Waals surface area contributed by atoms with Gasteiger partial charge in [-0.1, -0.05) is 35.5 Å². The number of carbonyl (C=O) groups is 2. The lowest BCUT2D eigenvalue weighted by Crippen LogP contribution is -2.38. The van der Waals surface area contributed by atoms with Crippen LogP contribution in [-0.4, -0.2) is 33.4 Å². The van der Waals surface area contributed by atoms with Crippen molar-refractivity contribution in [1.29, 1.82) is 0 Å². The number of rotatable bonds is 6. The molecule has 0 aliphatic carbocycles. The Labute approximate surface area is 193 Å². The molecule has 0 spiro atoms. The van der Waals surface area contributed by atoms with Gasteiger partial charge in [-0.05, 0) is 55.5 Å². The Bertz CT molecular complexity index is 1180. The summed E-state index contributed by atoms with van der Waals surface area (Å²) >= 11 is 0. The first-order valence-electron chi connectivity index (χ1n) is 11.1. The summed E-state index contributed by atoms with van der Waals surface area (Å²) in [5.41, 5.74) is 6.74. The van der Waals surface area contributed by atoms with Crippen LogP contribution in [0.3, 0.4) is 0 Å². The van der Waals surface area contributed by atoms with Gasteiger partial charge in [0.25, 0.3) is 0 Å². The molecule has 0 radical (unpaired) electrons. The Morgan fingerprint density at radius 3 is 2.64 bits per heavy atom. The third kappa shape index (κ3) is 5.19. The predicted octanol–water partition coefficient (Wildman–Crippen LogP) is 3.45. The van der Waals surface area contributed by atoms with Crippen LogP contribution in [0.4, 0.5) is 0 Å². The van der Waals surface area contributed by atoms with Gasteiger partial charge in [0.15, 0.2) is 0 Å². The molecule has 0 unspecified atom stereocenters. The smallest absolute Gasteiger partial charge is 0.244 e. The lowest BCUT2D eigenvalue weighted by Gasteiger charge is -2.30. The number of carbonyl (C=O) groups excluding carboxylic acids is 2. The van der Waals surface area contributed by atoms with Crippen LogP contribution >= 0.6 is 0 Å². The second-order valence-electron chi connectivity index (χ2n) is 8.33. The number of hydrogen-bond donors (Lipinski definition) is 1. The Hall–Kier alpha value is -3.74. The molecular weight excluding hydrogens is 416 g/mol. The molecule has 170 valence electrons. The van der Waals surface area contributed by atoms with Crippen molar-refractivity contribution in [2.24, 2.45) is 0 Å². The summed E-state index contributed by atoms with van der Waals surface area (Å²) in [6.07, 6.45) is 6.20. The van der Waals surface area contributed by atoms with Crippen LogP contribution in [0.15, 0.2) is 47.1 Å². The lowest BCUT2D eigenvalue weighted by atomic mass is 9.94. The van der Waals surface area contributed by atoms with E-state index >= 15 is 0 Å². The normalized spacial score (nSPS) is 13.2. The zero-order valence-electron chi connectivity index (χ0n) is 19.2. The minimum Gasteiger partial charge on any atom is -0.361 e. The van der Waals surface area contributed by atoms with Crippen LogP contribution in [-0.2, 0) is 35.5 Å². The number of pyridine rings is 1. The molecule has 1 aliphatic rings. The average molecular weight is 445 g/mol. The van der Waals surface area contributed by atoms with Crippen molar-refractivity contribution in [3.05, 3.63) is 87.6 Å². The standard InChI is InChI=1S/C26H28N4O3/c1-17-24(15-28-25(31)10-9-20-7-5-4-6-8-20)22-11-12-30(16-21(22)14-27-17)26(32)13-23-18(2)29-33-19(23)3/h4-10,14H,11-13,15-16H2,1-3H3,(H,28,31)/b10-9+. The van der Waals surface area contributed by atoms with Gasteiger partial charge < -0.3 is 14.7 Å². The number of benzene rings is 1. The third-order valence-corrected chi connectivity index (χ3v) is 6.12. The van der Waals surface area contributed by atoms with Gasteiger partial charge in [-0.3, -0.25) is 14.6 Å². The maximum Gasteiger partial charge on any atom is 0.244 e. The molecule has 0 saturated carbocycles. The molecule has 7 heteroatoms. The maximum absolute atomic E-state index is 12.9. The number of aryl methyl sites for hydroxylation is 3. The van der Waals surface area contributed by atoms with Crippen molar-refractivity contribution >= 4 is 17.9 Å². The maximum atomic E-state index is 12.9. The van der Waals surface area contributed by atoms with Gasteiger partial charge in [0.05, 0.1) is 12.1 Å². The highest BCUT2D eigenvalue weighted by atomic mass is 16.5. The quantitative estimate of drug-likeness (QED) is 0.589. The Balaban J connectivity index is 1.41. The van der Waals surface area contributed by atoms with E-state index in [9.17, 15) is 9.59 Å². The zero-order chi connectivity index (χ0) is 23.4. The van der Waals surface area contributed by atoms with Gasteiger partial charge in [-0.25, -0.2) is 0 Å². The first-order chi connectivity index (χ1) is 15.9. The van der Waals surface area contributed by atoms with Gasteiger partial charge in [-0.15, -0.1) is 0 Å². The van der Waals surface area contributed by atoms with E-state index in [-0.39, 0.29) is 18.2 Å². The fourth-order valence-electron chi connectivity index (χ4n) is 4.16. The van der Waals surface area contributed by atoms with Crippen LogP contribution in [0.5, 0.6) is 0 Å². The molecule has 3 heterocycles. The highest BCUT2D eigenvalue weighted by Crippen LogP contribution is 2.25. The van der Waals surface area contributed by atoms with E-state index in [1.165, 1.54) is 5.56 Å². The summed E-state index contributed by atoms with van der Waals surface area (Å²) < 4.78 is 5.19. The number of hydrogen-bond acceptors (Lipinski definition) is 5. The van der Waals surface area contributed by atoms with E-state index < -0.39 is 0 Å². The number of aromatic nitrogens is 2. The van der Waals surface area contributed by atoms with Crippen LogP contribution in [0, 0.1) is 20.8 Å². The molecule has 3 aromatic rings. The van der Waals surface area contributed by atoms with E-state index in [2.05, 4.69) is 15.5 Å². The summed E-state index contributed by atoms with van der Waals surface area (Å²) in [5, 5.41) is 6.91. The Morgan fingerprint density at radius 2 is 1.91 bits per heavy atom. The molecule has 1 aromatic carbocycles. The fourth-order valence-corrected chi connectivity index (χ4v) is 4.16. The number of nitrogens with zero attached hydrogens (tertiary/aromatic N) is 3. The monoisotopic (exact) mass is 444 g/mol. The largest absolute Gasteiger partial charge is 0.361 e. The molecule has 0 fully saturated rings. The first kappa shape index (κ1) is 22.5. The van der Waals surface area contributed by atoms with Crippen LogP contribution in [0.25, 0.3) is 6.08 Å². The van der Waals surface area contributed by atoms with Gasteiger partial charge >= 0.3 is 0 Å². The number of fused-ring (bicyclic) bond motifs is 1.